The summed E-state index contributed by atoms with van der Waals surface area (Å²) in [6.45, 7) is 3.49. The summed E-state index contributed by atoms with van der Waals surface area (Å²) >= 11 is 0. The van der Waals surface area contributed by atoms with Crippen LogP contribution in [-0.4, -0.2) is 30.5 Å². The number of fused-ring (bicyclic) bond motifs is 1. The van der Waals surface area contributed by atoms with E-state index in [1.165, 1.54) is 6.21 Å². The van der Waals surface area contributed by atoms with Gasteiger partial charge < -0.3 is 10.1 Å². The lowest BCUT2D eigenvalue weighted by Crippen LogP contribution is -2.35. The Kier molecular flexibility index (Phi) is 7.51. The van der Waals surface area contributed by atoms with E-state index in [2.05, 4.69) is 15.8 Å². The van der Waals surface area contributed by atoms with Crippen LogP contribution >= 0.6 is 0 Å². The first-order chi connectivity index (χ1) is 17.4. The molecule has 2 N–H and O–H groups in total. The Balaban J connectivity index is 1.48. The van der Waals surface area contributed by atoms with Gasteiger partial charge in [0.1, 0.15) is 5.75 Å². The summed E-state index contributed by atoms with van der Waals surface area (Å²) in [5, 5.41) is 8.36. The number of esters is 1. The molecule has 0 spiro atoms. The molecule has 0 heterocycles. The third kappa shape index (κ3) is 5.82. The molecule has 0 radical (unpaired) electrons. The van der Waals surface area contributed by atoms with Crippen LogP contribution in [0.5, 0.6) is 5.75 Å². The number of ether oxygens (including phenoxy) is 1. The number of carbonyl (C=O) groups is 3. The maximum atomic E-state index is 12.7. The molecule has 0 aliphatic carbocycles. The minimum absolute atomic E-state index is 0.241. The molecule has 36 heavy (non-hydrogen) atoms. The molecule has 180 valence electrons. The lowest BCUT2D eigenvalue weighted by molar-refractivity contribution is -0.120. The molecule has 0 aromatic heterocycles. The molecule has 4 aromatic rings. The molecule has 0 aliphatic rings. The van der Waals surface area contributed by atoms with Gasteiger partial charge in [0.25, 0.3) is 11.8 Å². The van der Waals surface area contributed by atoms with E-state index < -0.39 is 11.9 Å². The molecule has 0 aliphatic heterocycles. The van der Waals surface area contributed by atoms with Crippen molar-refractivity contribution in [2.45, 2.75) is 13.8 Å². The highest BCUT2D eigenvalue weighted by Gasteiger charge is 2.14. The maximum absolute atomic E-state index is 12.7. The Morgan fingerprint density at radius 3 is 2.47 bits per heavy atom. The average molecular weight is 480 g/mol. The SMILES string of the molecule is Cc1cccc(C(=O)Oc2ccc3ccccc3c2C=NNC(=O)CNC(=O)c2ccccc2C)c1. The standard InChI is InChI=1S/C29H25N3O4/c1-19-8-7-11-22(16-19)29(35)36-26-15-14-21-10-4-6-13-24(21)25(26)17-31-32-27(33)18-30-28(34)23-12-5-3-9-20(23)2/h3-17H,18H2,1-2H3,(H,30,34)(H,32,33). The van der Waals surface area contributed by atoms with Crippen LogP contribution in [0, 0.1) is 13.8 Å². The van der Waals surface area contributed by atoms with Gasteiger partial charge >= 0.3 is 5.97 Å². The summed E-state index contributed by atoms with van der Waals surface area (Å²) in [5.41, 5.74) is 5.65. The predicted molar refractivity (Wildman–Crippen MR) is 139 cm³/mol. The lowest BCUT2D eigenvalue weighted by Gasteiger charge is -2.11. The predicted octanol–water partition coefficient (Wildman–Crippen LogP) is 4.56. The van der Waals surface area contributed by atoms with Crippen molar-refractivity contribution in [1.29, 1.82) is 0 Å². The van der Waals surface area contributed by atoms with Crippen LogP contribution in [-0.2, 0) is 4.79 Å². The zero-order chi connectivity index (χ0) is 25.5. The van der Waals surface area contributed by atoms with Crippen molar-refractivity contribution in [2.24, 2.45) is 5.10 Å². The Hall–Kier alpha value is -4.78. The minimum Gasteiger partial charge on any atom is -0.422 e. The quantitative estimate of drug-likeness (QED) is 0.176. The normalized spacial score (nSPS) is 10.8. The molecular formula is C29H25N3O4. The fraction of sp³-hybridized carbons (Fsp3) is 0.103. The molecule has 0 atom stereocenters. The van der Waals surface area contributed by atoms with Gasteiger partial charge in [-0.25, -0.2) is 10.2 Å². The van der Waals surface area contributed by atoms with Crippen molar-refractivity contribution in [3.63, 3.8) is 0 Å². The van der Waals surface area contributed by atoms with Gasteiger partial charge in [-0.3, -0.25) is 9.59 Å². The number of hydrogen-bond acceptors (Lipinski definition) is 5. The van der Waals surface area contributed by atoms with Crippen LogP contribution in [0.4, 0.5) is 0 Å². The van der Waals surface area contributed by atoms with Crippen LogP contribution in [0.1, 0.15) is 37.4 Å². The third-order valence-electron chi connectivity index (χ3n) is 5.57. The Morgan fingerprint density at radius 1 is 0.889 bits per heavy atom. The number of benzene rings is 4. The van der Waals surface area contributed by atoms with Crippen LogP contribution in [0.25, 0.3) is 10.8 Å². The Labute approximate surface area is 208 Å². The fourth-order valence-electron chi connectivity index (χ4n) is 3.72. The summed E-state index contributed by atoms with van der Waals surface area (Å²) in [6, 6.07) is 25.4. The highest BCUT2D eigenvalue weighted by molar-refractivity contribution is 6.04. The van der Waals surface area contributed by atoms with Crippen molar-refractivity contribution in [1.82, 2.24) is 10.7 Å². The van der Waals surface area contributed by atoms with Crippen LogP contribution in [0.3, 0.4) is 0 Å². The van der Waals surface area contributed by atoms with E-state index in [0.29, 0.717) is 22.4 Å². The Bertz CT molecular complexity index is 1480. The second kappa shape index (κ2) is 11.1. The molecule has 4 aromatic carbocycles. The minimum atomic E-state index is -0.494. The van der Waals surface area contributed by atoms with Crippen LogP contribution in [0.2, 0.25) is 0 Å². The Morgan fingerprint density at radius 2 is 1.67 bits per heavy atom. The molecule has 4 rings (SSSR count). The van der Waals surface area contributed by atoms with Gasteiger partial charge in [-0.1, -0.05) is 66.2 Å². The second-order valence-electron chi connectivity index (χ2n) is 8.25. The van der Waals surface area contributed by atoms with Crippen LogP contribution in [0.15, 0.2) is 90.0 Å². The summed E-state index contributed by atoms with van der Waals surface area (Å²) < 4.78 is 5.69. The largest absolute Gasteiger partial charge is 0.422 e. The first-order valence-corrected chi connectivity index (χ1v) is 11.4. The van der Waals surface area contributed by atoms with E-state index in [-0.39, 0.29) is 12.5 Å². The summed E-state index contributed by atoms with van der Waals surface area (Å²) in [4.78, 5) is 37.3. The zero-order valence-electron chi connectivity index (χ0n) is 19.9. The van der Waals surface area contributed by atoms with Gasteiger partial charge in [0, 0.05) is 11.1 Å². The van der Waals surface area contributed by atoms with E-state index in [1.807, 2.05) is 62.4 Å². The second-order valence-corrected chi connectivity index (χ2v) is 8.25. The number of rotatable bonds is 7. The monoisotopic (exact) mass is 479 g/mol. The number of hydrazone groups is 1. The molecule has 0 unspecified atom stereocenters. The topological polar surface area (TPSA) is 96.9 Å². The fourth-order valence-corrected chi connectivity index (χ4v) is 3.72. The van der Waals surface area contributed by atoms with Gasteiger partial charge in [0.2, 0.25) is 0 Å². The van der Waals surface area contributed by atoms with Gasteiger partial charge in [-0.15, -0.1) is 0 Å². The van der Waals surface area contributed by atoms with E-state index in [9.17, 15) is 14.4 Å². The molecular weight excluding hydrogens is 454 g/mol. The number of hydrogen-bond donors (Lipinski definition) is 2. The van der Waals surface area contributed by atoms with E-state index in [0.717, 1.165) is 21.9 Å². The van der Waals surface area contributed by atoms with E-state index >= 15 is 0 Å². The highest BCUT2D eigenvalue weighted by atomic mass is 16.5. The smallest absolute Gasteiger partial charge is 0.343 e. The summed E-state index contributed by atoms with van der Waals surface area (Å²) in [7, 11) is 0. The average Bonchev–Trinajstić information content (AvgIpc) is 2.88. The first kappa shape index (κ1) is 24.3. The summed E-state index contributed by atoms with van der Waals surface area (Å²) in [5.74, 6) is -1.02. The first-order valence-electron chi connectivity index (χ1n) is 11.4. The lowest BCUT2D eigenvalue weighted by atomic mass is 10.0. The van der Waals surface area contributed by atoms with E-state index in [4.69, 9.17) is 4.74 Å². The van der Waals surface area contributed by atoms with Crippen LogP contribution < -0.4 is 15.5 Å². The summed E-state index contributed by atoms with van der Waals surface area (Å²) in [6.07, 6.45) is 1.43. The van der Waals surface area contributed by atoms with Crippen molar-refractivity contribution < 1.29 is 19.1 Å². The third-order valence-corrected chi connectivity index (χ3v) is 5.57. The van der Waals surface area contributed by atoms with Crippen molar-refractivity contribution in [2.75, 3.05) is 6.54 Å². The van der Waals surface area contributed by atoms with Crippen molar-refractivity contribution in [3.05, 3.63) is 113 Å². The van der Waals surface area contributed by atoms with Gasteiger partial charge in [0.05, 0.1) is 18.3 Å². The highest BCUT2D eigenvalue weighted by Crippen LogP contribution is 2.27. The van der Waals surface area contributed by atoms with E-state index in [1.54, 1.807) is 36.4 Å². The molecule has 7 heteroatoms. The molecule has 0 saturated heterocycles. The van der Waals surface area contributed by atoms with Crippen molar-refractivity contribution >= 4 is 34.8 Å². The van der Waals surface area contributed by atoms with Gasteiger partial charge in [0.15, 0.2) is 0 Å². The molecule has 0 saturated carbocycles. The zero-order valence-corrected chi connectivity index (χ0v) is 19.9. The molecule has 0 fully saturated rings. The number of aryl methyl sites for hydroxylation is 2. The maximum Gasteiger partial charge on any atom is 0.343 e. The number of nitrogens with one attached hydrogen (secondary N) is 2. The number of amides is 2. The molecule has 7 nitrogen and oxygen atoms in total. The number of nitrogens with zero attached hydrogens (tertiary/aromatic N) is 1. The number of carbonyl (C=O) groups excluding carboxylic acids is 3. The van der Waals surface area contributed by atoms with Gasteiger partial charge in [-0.2, -0.15) is 5.10 Å². The molecule has 0 bridgehead atoms. The van der Waals surface area contributed by atoms with Gasteiger partial charge in [-0.05, 0) is 54.4 Å². The molecule has 2 amide bonds. The van der Waals surface area contributed by atoms with Crippen molar-refractivity contribution in [3.8, 4) is 5.75 Å².